The third-order valence-corrected chi connectivity index (χ3v) is 4.44. The molecule has 0 aliphatic heterocycles. The number of terminal acetylenes is 1. The molecule has 0 atom stereocenters. The summed E-state index contributed by atoms with van der Waals surface area (Å²) in [5.74, 6) is 2.37. The van der Waals surface area contributed by atoms with Crippen molar-refractivity contribution >= 4 is 15.7 Å². The largest absolute Gasteiger partial charge is 0.398 e. The first-order valence-electron chi connectivity index (χ1n) is 5.73. The third-order valence-electron chi connectivity index (χ3n) is 2.52. The van der Waals surface area contributed by atoms with Crippen LogP contribution in [-0.4, -0.2) is 25.8 Å². The van der Waals surface area contributed by atoms with E-state index in [4.69, 9.17) is 12.2 Å². The van der Waals surface area contributed by atoms with E-state index >= 15 is 0 Å². The minimum atomic E-state index is -3.61. The number of hydrogen-bond acceptors (Lipinski definition) is 3. The normalized spacial score (nSPS) is 11.4. The smallest absolute Gasteiger partial charge is 0.245 e. The Bertz CT molecular complexity index is 559. The van der Waals surface area contributed by atoms with Crippen molar-refractivity contribution in [1.29, 1.82) is 0 Å². The highest BCUT2D eigenvalue weighted by Gasteiger charge is 2.25. The Hall–Kier alpha value is -1.51. The maximum Gasteiger partial charge on any atom is 0.245 e. The lowest BCUT2D eigenvalue weighted by Crippen LogP contribution is -2.32. The summed E-state index contributed by atoms with van der Waals surface area (Å²) in [4.78, 5) is 0.122. The highest BCUT2D eigenvalue weighted by molar-refractivity contribution is 7.89. The van der Waals surface area contributed by atoms with E-state index in [1.165, 1.54) is 10.4 Å². The summed E-state index contributed by atoms with van der Waals surface area (Å²) in [6.07, 6.45) is 5.91. The minimum Gasteiger partial charge on any atom is -0.398 e. The second-order valence-electron chi connectivity index (χ2n) is 4.08. The first-order chi connectivity index (χ1) is 8.43. The van der Waals surface area contributed by atoms with Gasteiger partial charge in [-0.15, -0.1) is 6.42 Å². The van der Waals surface area contributed by atoms with Crippen molar-refractivity contribution in [3.8, 4) is 12.3 Å². The third kappa shape index (κ3) is 3.03. The number of hydrogen-bond donors (Lipinski definition) is 1. The lowest BCUT2D eigenvalue weighted by Gasteiger charge is -2.20. The zero-order valence-corrected chi connectivity index (χ0v) is 11.5. The molecule has 0 aliphatic carbocycles. The summed E-state index contributed by atoms with van der Waals surface area (Å²) >= 11 is 0. The van der Waals surface area contributed by atoms with E-state index in [-0.39, 0.29) is 17.1 Å². The molecule has 0 heterocycles. The van der Waals surface area contributed by atoms with Crippen molar-refractivity contribution in [3.05, 3.63) is 23.8 Å². The molecule has 0 saturated carbocycles. The molecule has 0 spiro atoms. The van der Waals surface area contributed by atoms with E-state index < -0.39 is 10.0 Å². The molecule has 18 heavy (non-hydrogen) atoms. The molecule has 1 aromatic rings. The minimum absolute atomic E-state index is 0.0590. The van der Waals surface area contributed by atoms with E-state index in [2.05, 4.69) is 5.92 Å². The number of nitrogens with zero attached hydrogens (tertiary/aromatic N) is 1. The predicted octanol–water partition coefficient (Wildman–Crippen LogP) is 1.61. The van der Waals surface area contributed by atoms with Gasteiger partial charge in [0, 0.05) is 6.54 Å². The maximum absolute atomic E-state index is 12.4. The molecule has 0 saturated heterocycles. The number of sulfonamides is 1. The van der Waals surface area contributed by atoms with Crippen LogP contribution in [0.2, 0.25) is 0 Å². The number of nitrogens with two attached hydrogens (primary N) is 1. The number of nitrogen functional groups attached to an aromatic ring is 1. The average molecular weight is 266 g/mol. The highest BCUT2D eigenvalue weighted by Crippen LogP contribution is 2.23. The monoisotopic (exact) mass is 266 g/mol. The molecule has 0 fully saturated rings. The van der Waals surface area contributed by atoms with Crippen molar-refractivity contribution in [2.24, 2.45) is 0 Å². The van der Waals surface area contributed by atoms with E-state index in [9.17, 15) is 8.42 Å². The first-order valence-corrected chi connectivity index (χ1v) is 7.17. The molecular formula is C13H18N2O2S. The van der Waals surface area contributed by atoms with Crippen LogP contribution in [0.5, 0.6) is 0 Å². The van der Waals surface area contributed by atoms with Crippen molar-refractivity contribution in [2.45, 2.75) is 25.2 Å². The fourth-order valence-electron chi connectivity index (χ4n) is 1.68. The molecular weight excluding hydrogens is 248 g/mol. The van der Waals surface area contributed by atoms with Gasteiger partial charge in [0.2, 0.25) is 10.0 Å². The van der Waals surface area contributed by atoms with Gasteiger partial charge in [0.25, 0.3) is 0 Å². The van der Waals surface area contributed by atoms with Crippen LogP contribution < -0.4 is 5.73 Å². The second-order valence-corrected chi connectivity index (χ2v) is 5.99. The average Bonchev–Trinajstić information content (AvgIpc) is 2.28. The lowest BCUT2D eigenvalue weighted by molar-refractivity contribution is 0.446. The maximum atomic E-state index is 12.4. The van der Waals surface area contributed by atoms with Crippen LogP contribution in [0.25, 0.3) is 0 Å². The molecule has 0 amide bonds. The Morgan fingerprint density at radius 1 is 1.44 bits per heavy atom. The zero-order valence-electron chi connectivity index (χ0n) is 10.7. The molecule has 2 N–H and O–H groups in total. The van der Waals surface area contributed by atoms with Gasteiger partial charge in [0.15, 0.2) is 0 Å². The van der Waals surface area contributed by atoms with Gasteiger partial charge in [0.1, 0.15) is 4.90 Å². The Morgan fingerprint density at radius 3 is 2.61 bits per heavy atom. The second kappa shape index (κ2) is 5.89. The Labute approximate surface area is 109 Å². The number of aryl methyl sites for hydroxylation is 1. The summed E-state index contributed by atoms with van der Waals surface area (Å²) in [6, 6.07) is 4.90. The molecule has 4 nitrogen and oxygen atoms in total. The van der Waals surface area contributed by atoms with Gasteiger partial charge < -0.3 is 5.73 Å². The van der Waals surface area contributed by atoms with Crippen molar-refractivity contribution in [1.82, 2.24) is 4.31 Å². The van der Waals surface area contributed by atoms with Crippen molar-refractivity contribution in [2.75, 3.05) is 18.8 Å². The number of anilines is 1. The fourth-order valence-corrected chi connectivity index (χ4v) is 3.22. The van der Waals surface area contributed by atoms with Gasteiger partial charge in [-0.25, -0.2) is 8.42 Å². The Morgan fingerprint density at radius 2 is 2.11 bits per heavy atom. The van der Waals surface area contributed by atoms with Crippen LogP contribution in [0.3, 0.4) is 0 Å². The molecule has 5 heteroatoms. The fraction of sp³-hybridized carbons (Fsp3) is 0.385. The Balaban J connectivity index is 3.22. The molecule has 98 valence electrons. The van der Waals surface area contributed by atoms with Gasteiger partial charge in [-0.2, -0.15) is 4.31 Å². The topological polar surface area (TPSA) is 63.4 Å². The van der Waals surface area contributed by atoms with Gasteiger partial charge in [-0.05, 0) is 31.0 Å². The van der Waals surface area contributed by atoms with Crippen LogP contribution in [0.15, 0.2) is 23.1 Å². The van der Waals surface area contributed by atoms with Gasteiger partial charge >= 0.3 is 0 Å². The molecule has 0 unspecified atom stereocenters. The summed E-state index contributed by atoms with van der Waals surface area (Å²) in [7, 11) is -3.61. The van der Waals surface area contributed by atoms with Crippen LogP contribution in [-0.2, 0) is 10.0 Å². The summed E-state index contributed by atoms with van der Waals surface area (Å²) in [5.41, 5.74) is 6.96. The van der Waals surface area contributed by atoms with Crippen LogP contribution >= 0.6 is 0 Å². The molecule has 1 rings (SSSR count). The molecule has 0 bridgehead atoms. The van der Waals surface area contributed by atoms with E-state index in [1.807, 2.05) is 13.8 Å². The first kappa shape index (κ1) is 14.6. The number of benzene rings is 1. The predicted molar refractivity (Wildman–Crippen MR) is 73.5 cm³/mol. The summed E-state index contributed by atoms with van der Waals surface area (Å²) in [6.45, 7) is 4.21. The number of rotatable bonds is 5. The van der Waals surface area contributed by atoms with Crippen molar-refractivity contribution < 1.29 is 8.42 Å². The Kier molecular flexibility index (Phi) is 4.76. The molecule has 0 radical (unpaired) electrons. The van der Waals surface area contributed by atoms with E-state index in [0.717, 1.165) is 5.56 Å². The SMILES string of the molecule is C#CCN(CCC)S(=O)(=O)c1ccc(C)cc1N. The summed E-state index contributed by atoms with van der Waals surface area (Å²) < 4.78 is 26.1. The van der Waals surface area contributed by atoms with Gasteiger partial charge in [-0.1, -0.05) is 18.9 Å². The van der Waals surface area contributed by atoms with Crippen LogP contribution in [0.1, 0.15) is 18.9 Å². The van der Waals surface area contributed by atoms with Crippen LogP contribution in [0.4, 0.5) is 5.69 Å². The van der Waals surface area contributed by atoms with Gasteiger partial charge in [0.05, 0.1) is 12.2 Å². The van der Waals surface area contributed by atoms with E-state index in [1.54, 1.807) is 12.1 Å². The molecule has 0 aromatic heterocycles. The lowest BCUT2D eigenvalue weighted by atomic mass is 10.2. The summed E-state index contributed by atoms with van der Waals surface area (Å²) in [5, 5.41) is 0. The van der Waals surface area contributed by atoms with Gasteiger partial charge in [-0.3, -0.25) is 0 Å². The quantitative estimate of drug-likeness (QED) is 0.650. The highest BCUT2D eigenvalue weighted by atomic mass is 32.2. The zero-order chi connectivity index (χ0) is 13.8. The van der Waals surface area contributed by atoms with Crippen LogP contribution in [0, 0.1) is 19.3 Å². The standard InChI is InChI=1S/C13H18N2O2S/c1-4-8-15(9-5-2)18(16,17)13-7-6-11(3)10-12(13)14/h1,6-7,10H,5,8-9,14H2,2-3H3. The molecule has 0 aliphatic rings. The molecule has 1 aromatic carbocycles. The van der Waals surface area contributed by atoms with Crippen molar-refractivity contribution in [3.63, 3.8) is 0 Å². The van der Waals surface area contributed by atoms with E-state index in [0.29, 0.717) is 13.0 Å².